The van der Waals surface area contributed by atoms with Gasteiger partial charge in [-0.1, -0.05) is 17.8 Å². The molecule has 1 aliphatic rings. The van der Waals surface area contributed by atoms with Gasteiger partial charge < -0.3 is 9.73 Å². The van der Waals surface area contributed by atoms with E-state index in [0.29, 0.717) is 11.4 Å². The Morgan fingerprint density at radius 1 is 1.33 bits per heavy atom. The lowest BCUT2D eigenvalue weighted by Crippen LogP contribution is -2.40. The van der Waals surface area contributed by atoms with Gasteiger partial charge in [-0.2, -0.15) is 0 Å². The summed E-state index contributed by atoms with van der Waals surface area (Å²) in [5.74, 6) is 0.538. The quantitative estimate of drug-likeness (QED) is 0.639. The van der Waals surface area contributed by atoms with Gasteiger partial charge in [-0.05, 0) is 44.1 Å². The van der Waals surface area contributed by atoms with Gasteiger partial charge in [0.1, 0.15) is 5.76 Å². The number of rotatable bonds is 6. The number of amides is 1. The zero-order valence-electron chi connectivity index (χ0n) is 13.1. The van der Waals surface area contributed by atoms with Crippen molar-refractivity contribution in [3.8, 4) is 0 Å². The Kier molecular flexibility index (Phi) is 5.27. The molecule has 1 fully saturated rings. The Balaban J connectivity index is 1.66. The maximum atomic E-state index is 12.3. The Hall–Kier alpha value is -2.19. The van der Waals surface area contributed by atoms with Gasteiger partial charge in [0.15, 0.2) is 0 Å². The van der Waals surface area contributed by atoms with Crippen LogP contribution in [0.4, 0.5) is 5.00 Å². The number of likely N-dealkylation sites (tertiary alicyclic amines) is 1. The van der Waals surface area contributed by atoms with Gasteiger partial charge in [0.05, 0.1) is 22.1 Å². The summed E-state index contributed by atoms with van der Waals surface area (Å²) >= 11 is 0.886. The lowest BCUT2D eigenvalue weighted by molar-refractivity contribution is -0.380. The molecule has 128 valence electrons. The van der Waals surface area contributed by atoms with Crippen molar-refractivity contribution in [2.75, 3.05) is 19.6 Å². The molecule has 0 radical (unpaired) electrons. The Labute approximate surface area is 143 Å². The van der Waals surface area contributed by atoms with Crippen LogP contribution in [0.2, 0.25) is 0 Å². The Morgan fingerprint density at radius 2 is 2.12 bits per heavy atom. The van der Waals surface area contributed by atoms with Gasteiger partial charge in [0.25, 0.3) is 5.91 Å². The molecule has 24 heavy (non-hydrogen) atoms. The standard InChI is InChI=1S/C16H19N3O4S/c20-16(14-6-7-15(24-14)19(21)22)17-11-12(13-5-4-10-23-13)18-8-2-1-3-9-18/h4-7,10,12H,1-3,8-9,11H2,(H,17,20). The summed E-state index contributed by atoms with van der Waals surface area (Å²) in [7, 11) is 0. The largest absolute Gasteiger partial charge is 0.468 e. The number of piperidine rings is 1. The zero-order valence-corrected chi connectivity index (χ0v) is 14.0. The van der Waals surface area contributed by atoms with E-state index in [1.54, 1.807) is 6.26 Å². The summed E-state index contributed by atoms with van der Waals surface area (Å²) in [6.07, 6.45) is 5.15. The van der Waals surface area contributed by atoms with Crippen LogP contribution in [0.1, 0.15) is 40.7 Å². The fraction of sp³-hybridized carbons (Fsp3) is 0.438. The van der Waals surface area contributed by atoms with Crippen molar-refractivity contribution >= 4 is 22.2 Å². The number of nitro groups is 1. The third-order valence-electron chi connectivity index (χ3n) is 4.15. The molecule has 1 aliphatic heterocycles. The lowest BCUT2D eigenvalue weighted by atomic mass is 10.1. The first-order chi connectivity index (χ1) is 11.6. The second kappa shape index (κ2) is 7.59. The molecule has 7 nitrogen and oxygen atoms in total. The SMILES string of the molecule is O=C(NCC(c1ccco1)N1CCCCC1)c1ccc([N+](=O)[O-])s1. The highest BCUT2D eigenvalue weighted by molar-refractivity contribution is 7.17. The van der Waals surface area contributed by atoms with E-state index in [-0.39, 0.29) is 17.0 Å². The molecule has 1 atom stereocenters. The van der Waals surface area contributed by atoms with Crippen molar-refractivity contribution in [3.05, 3.63) is 51.3 Å². The first kappa shape index (κ1) is 16.7. The van der Waals surface area contributed by atoms with Crippen LogP contribution in [0.15, 0.2) is 34.9 Å². The van der Waals surface area contributed by atoms with Crippen LogP contribution in [-0.4, -0.2) is 35.4 Å². The first-order valence-corrected chi connectivity index (χ1v) is 8.76. The fourth-order valence-electron chi connectivity index (χ4n) is 2.94. The Bertz CT molecular complexity index is 692. The van der Waals surface area contributed by atoms with Crippen LogP contribution in [0, 0.1) is 10.1 Å². The monoisotopic (exact) mass is 349 g/mol. The van der Waals surface area contributed by atoms with Crippen molar-refractivity contribution in [1.29, 1.82) is 0 Å². The minimum Gasteiger partial charge on any atom is -0.468 e. The number of hydrogen-bond acceptors (Lipinski definition) is 6. The van der Waals surface area contributed by atoms with Gasteiger partial charge in [-0.25, -0.2) is 0 Å². The van der Waals surface area contributed by atoms with E-state index in [9.17, 15) is 14.9 Å². The normalized spacial score (nSPS) is 16.7. The van der Waals surface area contributed by atoms with Crippen molar-refractivity contribution in [3.63, 3.8) is 0 Å². The van der Waals surface area contributed by atoms with Gasteiger partial charge in [0.2, 0.25) is 0 Å². The van der Waals surface area contributed by atoms with Crippen molar-refractivity contribution in [2.45, 2.75) is 25.3 Å². The van der Waals surface area contributed by atoms with Crippen LogP contribution in [0.5, 0.6) is 0 Å². The minimum absolute atomic E-state index is 0.0146. The maximum absolute atomic E-state index is 12.3. The summed E-state index contributed by atoms with van der Waals surface area (Å²) in [6.45, 7) is 2.37. The number of carbonyl (C=O) groups excluding carboxylic acids is 1. The summed E-state index contributed by atoms with van der Waals surface area (Å²) in [5, 5.41) is 13.6. The molecule has 0 aromatic carbocycles. The molecule has 2 aromatic heterocycles. The first-order valence-electron chi connectivity index (χ1n) is 7.95. The van der Waals surface area contributed by atoms with Crippen LogP contribution in [0.25, 0.3) is 0 Å². The third-order valence-corrected chi connectivity index (χ3v) is 5.19. The predicted molar refractivity (Wildman–Crippen MR) is 90.2 cm³/mol. The molecule has 0 aliphatic carbocycles. The summed E-state index contributed by atoms with van der Waals surface area (Å²) in [6, 6.07) is 6.59. The molecule has 0 bridgehead atoms. The highest BCUT2D eigenvalue weighted by atomic mass is 32.1. The molecule has 8 heteroatoms. The second-order valence-corrected chi connectivity index (χ2v) is 6.80. The van der Waals surface area contributed by atoms with Crippen LogP contribution in [0.3, 0.4) is 0 Å². The number of hydrogen-bond donors (Lipinski definition) is 1. The van der Waals surface area contributed by atoms with Gasteiger partial charge in [0, 0.05) is 12.6 Å². The number of furan rings is 1. The van der Waals surface area contributed by atoms with Gasteiger partial charge in [-0.3, -0.25) is 19.8 Å². The predicted octanol–water partition coefficient (Wildman–Crippen LogP) is 3.21. The van der Waals surface area contributed by atoms with E-state index in [4.69, 9.17) is 4.42 Å². The molecule has 0 spiro atoms. The molecular formula is C16H19N3O4S. The average Bonchev–Trinajstić information content (AvgIpc) is 3.28. The van der Waals surface area contributed by atoms with Crippen molar-refractivity contribution in [1.82, 2.24) is 10.2 Å². The van der Waals surface area contributed by atoms with Crippen LogP contribution in [-0.2, 0) is 0 Å². The van der Waals surface area contributed by atoms with E-state index in [1.165, 1.54) is 18.6 Å². The molecule has 1 saturated heterocycles. The number of carbonyl (C=O) groups is 1. The third kappa shape index (κ3) is 3.82. The fourth-order valence-corrected chi connectivity index (χ4v) is 3.68. The lowest BCUT2D eigenvalue weighted by Gasteiger charge is -2.33. The van der Waals surface area contributed by atoms with Gasteiger partial charge in [-0.15, -0.1) is 0 Å². The highest BCUT2D eigenvalue weighted by Gasteiger charge is 2.25. The summed E-state index contributed by atoms with van der Waals surface area (Å²) in [4.78, 5) is 25.2. The van der Waals surface area contributed by atoms with Gasteiger partial charge >= 0.3 is 5.00 Å². The molecule has 1 unspecified atom stereocenters. The average molecular weight is 349 g/mol. The molecule has 1 amide bonds. The van der Waals surface area contributed by atoms with E-state index >= 15 is 0 Å². The highest BCUT2D eigenvalue weighted by Crippen LogP contribution is 2.26. The smallest absolute Gasteiger partial charge is 0.324 e. The number of thiophene rings is 1. The van der Waals surface area contributed by atoms with Crippen molar-refractivity contribution in [2.24, 2.45) is 0 Å². The van der Waals surface area contributed by atoms with E-state index < -0.39 is 4.92 Å². The molecule has 2 aromatic rings. The minimum atomic E-state index is -0.485. The topological polar surface area (TPSA) is 88.6 Å². The van der Waals surface area contributed by atoms with Crippen LogP contribution < -0.4 is 5.32 Å². The van der Waals surface area contributed by atoms with E-state index in [0.717, 1.165) is 43.0 Å². The number of nitrogens with one attached hydrogen (secondary N) is 1. The zero-order chi connectivity index (χ0) is 16.9. The van der Waals surface area contributed by atoms with E-state index in [2.05, 4.69) is 10.2 Å². The molecule has 3 rings (SSSR count). The molecule has 0 saturated carbocycles. The molecule has 3 heterocycles. The number of nitrogens with zero attached hydrogens (tertiary/aromatic N) is 2. The molecular weight excluding hydrogens is 330 g/mol. The Morgan fingerprint density at radius 3 is 2.75 bits per heavy atom. The van der Waals surface area contributed by atoms with Crippen molar-refractivity contribution < 1.29 is 14.1 Å². The second-order valence-electron chi connectivity index (χ2n) is 5.73. The summed E-state index contributed by atoms with van der Waals surface area (Å²) < 4.78 is 5.54. The van der Waals surface area contributed by atoms with Crippen LogP contribution >= 0.6 is 11.3 Å². The summed E-state index contributed by atoms with van der Waals surface area (Å²) in [5.41, 5.74) is 0. The maximum Gasteiger partial charge on any atom is 0.324 e. The van der Waals surface area contributed by atoms with E-state index in [1.807, 2.05) is 12.1 Å². The molecule has 1 N–H and O–H groups in total.